The summed E-state index contributed by atoms with van der Waals surface area (Å²) >= 11 is 3.27. The third kappa shape index (κ3) is 4.70. The number of nitrogens with one attached hydrogen (secondary N) is 1. The van der Waals surface area contributed by atoms with Gasteiger partial charge in [0.25, 0.3) is 0 Å². The monoisotopic (exact) mass is 550 g/mol. The average Bonchev–Trinajstić information content (AvgIpc) is 3.46. The molecule has 2 aromatic heterocycles. The van der Waals surface area contributed by atoms with Crippen molar-refractivity contribution in [1.82, 2.24) is 14.8 Å². The summed E-state index contributed by atoms with van der Waals surface area (Å²) in [6, 6.07) is 16.3. The number of fused-ring (bicyclic) bond motifs is 1. The number of aromatic nitrogens is 3. The van der Waals surface area contributed by atoms with Gasteiger partial charge in [-0.05, 0) is 76.9 Å². The number of phenolic OH excluding ortho intramolecular Hbond substituents is 1. The maximum atomic E-state index is 13.9. The van der Waals surface area contributed by atoms with Gasteiger partial charge in [0.05, 0.1) is 27.6 Å². The fraction of sp³-hybridized carbons (Fsp3) is 0.111. The first kappa shape index (κ1) is 25.0. The van der Waals surface area contributed by atoms with Gasteiger partial charge in [0, 0.05) is 10.9 Å². The molecule has 0 fully saturated rings. The highest BCUT2D eigenvalue weighted by atomic mass is 79.9. The Bertz CT molecular complexity index is 1540. The number of halogens is 2. The van der Waals surface area contributed by atoms with Crippen LogP contribution in [-0.2, 0) is 0 Å². The number of nitrogens with zero attached hydrogens (tertiary/aromatic N) is 2. The number of anilines is 1. The molecule has 0 unspecified atom stereocenters. The van der Waals surface area contributed by atoms with E-state index in [1.54, 1.807) is 54.6 Å². The van der Waals surface area contributed by atoms with Crippen molar-refractivity contribution in [1.29, 1.82) is 0 Å². The van der Waals surface area contributed by atoms with Gasteiger partial charge in [0.15, 0.2) is 11.6 Å². The predicted molar refractivity (Wildman–Crippen MR) is 142 cm³/mol. The number of aryl methyl sites for hydroxylation is 1. The van der Waals surface area contributed by atoms with E-state index in [9.17, 15) is 14.3 Å². The second-order valence-electron chi connectivity index (χ2n) is 7.74. The highest BCUT2D eigenvalue weighted by Crippen LogP contribution is 2.32. The van der Waals surface area contributed by atoms with Crippen LogP contribution in [0.3, 0.4) is 0 Å². The van der Waals surface area contributed by atoms with Crippen LogP contribution in [0.5, 0.6) is 17.2 Å². The summed E-state index contributed by atoms with van der Waals surface area (Å²) in [6.45, 7) is 5.82. The zero-order chi connectivity index (χ0) is 26.0. The number of aromatic hydroxyl groups is 1. The molecule has 0 amide bonds. The van der Waals surface area contributed by atoms with E-state index < -0.39 is 5.82 Å². The van der Waals surface area contributed by atoms with E-state index in [4.69, 9.17) is 10.5 Å². The number of hydrogen-bond donors (Lipinski definition) is 3. The number of rotatable bonds is 5. The summed E-state index contributed by atoms with van der Waals surface area (Å²) in [4.78, 5) is 16.2. The third-order valence-corrected chi connectivity index (χ3v) is 6.08. The average molecular weight is 551 g/mol. The number of para-hydroxylation sites is 1. The number of aromatic amines is 1. The van der Waals surface area contributed by atoms with E-state index in [-0.39, 0.29) is 28.7 Å². The molecule has 9 heteroatoms. The fourth-order valence-electron chi connectivity index (χ4n) is 3.67. The molecule has 7 nitrogen and oxygen atoms in total. The van der Waals surface area contributed by atoms with E-state index in [0.29, 0.717) is 32.5 Å². The molecular weight excluding hydrogens is 527 g/mol. The van der Waals surface area contributed by atoms with Crippen molar-refractivity contribution in [3.8, 4) is 22.9 Å². The normalized spacial score (nSPS) is 10.7. The SMILES string of the molecule is CC.Cc1cc(-n2ncc(C(=O)c3cc4cc(O)c(Br)cc4[nH]3)c2N)ccc1Oc1ccccc1F. The Labute approximate surface area is 215 Å². The molecule has 0 atom stereocenters. The Hall–Kier alpha value is -4.11. The fourth-order valence-corrected chi connectivity index (χ4v) is 4.02. The first-order chi connectivity index (χ1) is 17.3. The first-order valence-electron chi connectivity index (χ1n) is 11.2. The number of carbonyl (C=O) groups excluding carboxylic acids is 1. The number of phenols is 1. The Morgan fingerprint density at radius 2 is 1.86 bits per heavy atom. The van der Waals surface area contributed by atoms with Crippen LogP contribution in [0.25, 0.3) is 16.6 Å². The van der Waals surface area contributed by atoms with Gasteiger partial charge in [0.1, 0.15) is 17.3 Å². The molecule has 0 aliphatic carbocycles. The van der Waals surface area contributed by atoms with Crippen LogP contribution in [-0.4, -0.2) is 25.7 Å². The van der Waals surface area contributed by atoms with Crippen molar-refractivity contribution in [3.63, 3.8) is 0 Å². The number of ketones is 1. The maximum absolute atomic E-state index is 13.9. The largest absolute Gasteiger partial charge is 0.507 e. The van der Waals surface area contributed by atoms with Crippen LogP contribution in [0.15, 0.2) is 71.3 Å². The lowest BCUT2D eigenvalue weighted by atomic mass is 10.1. The quantitative estimate of drug-likeness (QED) is 0.206. The molecule has 4 N–H and O–H groups in total. The summed E-state index contributed by atoms with van der Waals surface area (Å²) in [6.07, 6.45) is 1.41. The van der Waals surface area contributed by atoms with Crippen LogP contribution >= 0.6 is 15.9 Å². The molecule has 3 aromatic carbocycles. The van der Waals surface area contributed by atoms with E-state index in [2.05, 4.69) is 26.0 Å². The van der Waals surface area contributed by atoms with Gasteiger partial charge in [0.2, 0.25) is 5.78 Å². The molecular formula is C27H24BrFN4O3. The lowest BCUT2D eigenvalue weighted by Gasteiger charge is -2.12. The number of carbonyl (C=O) groups is 1. The molecule has 2 heterocycles. The summed E-state index contributed by atoms with van der Waals surface area (Å²) in [5.41, 5.74) is 8.90. The van der Waals surface area contributed by atoms with Gasteiger partial charge < -0.3 is 20.6 Å². The van der Waals surface area contributed by atoms with Crippen molar-refractivity contribution in [2.24, 2.45) is 0 Å². The zero-order valence-corrected chi connectivity index (χ0v) is 21.4. The molecule has 36 heavy (non-hydrogen) atoms. The maximum Gasteiger partial charge on any atom is 0.214 e. The zero-order valence-electron chi connectivity index (χ0n) is 19.8. The summed E-state index contributed by atoms with van der Waals surface area (Å²) < 4.78 is 21.6. The number of nitrogen functional groups attached to an aromatic ring is 1. The smallest absolute Gasteiger partial charge is 0.214 e. The second kappa shape index (κ2) is 10.2. The second-order valence-corrected chi connectivity index (χ2v) is 8.59. The molecule has 184 valence electrons. The van der Waals surface area contributed by atoms with Gasteiger partial charge in [-0.25, -0.2) is 9.07 Å². The number of nitrogens with two attached hydrogens (primary N) is 1. The van der Waals surface area contributed by atoms with E-state index in [1.165, 1.54) is 16.9 Å². The summed E-state index contributed by atoms with van der Waals surface area (Å²) in [5, 5.41) is 14.9. The van der Waals surface area contributed by atoms with Crippen LogP contribution in [0.2, 0.25) is 0 Å². The standard InChI is InChI=1S/C25H18BrFN4O3.C2H6/c1-13-8-15(6-7-22(13)34-23-5-3-2-4-18(23)27)31-25(28)16(12-29-31)24(33)20-9-14-10-21(32)17(26)11-19(14)30-20;1-2/h2-12,30,32H,28H2,1H3;1-2H3. The minimum absolute atomic E-state index is 0.0793. The van der Waals surface area contributed by atoms with Gasteiger partial charge in [-0.2, -0.15) is 5.10 Å². The number of H-pyrrole nitrogens is 1. The Morgan fingerprint density at radius 1 is 1.11 bits per heavy atom. The lowest BCUT2D eigenvalue weighted by Crippen LogP contribution is -2.07. The summed E-state index contributed by atoms with van der Waals surface area (Å²) in [7, 11) is 0. The minimum Gasteiger partial charge on any atom is -0.507 e. The molecule has 0 saturated carbocycles. The van der Waals surface area contributed by atoms with Crippen LogP contribution in [0, 0.1) is 12.7 Å². The molecule has 0 aliphatic rings. The van der Waals surface area contributed by atoms with Gasteiger partial charge in [-0.3, -0.25) is 4.79 Å². The predicted octanol–water partition coefficient (Wildman–Crippen LogP) is 6.90. The molecule has 5 rings (SSSR count). The molecule has 0 bridgehead atoms. The number of hydrogen-bond acceptors (Lipinski definition) is 5. The van der Waals surface area contributed by atoms with Crippen molar-refractivity contribution < 1.29 is 19.0 Å². The van der Waals surface area contributed by atoms with E-state index in [0.717, 1.165) is 5.56 Å². The van der Waals surface area contributed by atoms with Gasteiger partial charge in [-0.15, -0.1) is 0 Å². The Kier molecular flexibility index (Phi) is 7.12. The highest BCUT2D eigenvalue weighted by molar-refractivity contribution is 9.10. The lowest BCUT2D eigenvalue weighted by molar-refractivity contribution is 0.103. The van der Waals surface area contributed by atoms with Crippen LogP contribution in [0.1, 0.15) is 35.5 Å². The molecule has 0 spiro atoms. The van der Waals surface area contributed by atoms with Crippen molar-refractivity contribution >= 4 is 38.4 Å². The minimum atomic E-state index is -0.454. The van der Waals surface area contributed by atoms with Crippen LogP contribution < -0.4 is 10.5 Å². The molecule has 0 saturated heterocycles. The van der Waals surface area contributed by atoms with Crippen molar-refractivity contribution in [2.45, 2.75) is 20.8 Å². The Balaban J connectivity index is 0.00000148. The molecule has 5 aromatic rings. The number of ether oxygens (including phenoxy) is 1. The van der Waals surface area contributed by atoms with Gasteiger partial charge in [-0.1, -0.05) is 26.0 Å². The third-order valence-electron chi connectivity index (χ3n) is 5.44. The summed E-state index contributed by atoms with van der Waals surface area (Å²) in [5.74, 6) is 0.0918. The van der Waals surface area contributed by atoms with E-state index >= 15 is 0 Å². The topological polar surface area (TPSA) is 106 Å². The first-order valence-corrected chi connectivity index (χ1v) is 12.0. The molecule has 0 aliphatic heterocycles. The number of benzene rings is 3. The Morgan fingerprint density at radius 3 is 2.58 bits per heavy atom. The molecule has 0 radical (unpaired) electrons. The van der Waals surface area contributed by atoms with Crippen molar-refractivity contribution in [2.75, 3.05) is 5.73 Å². The van der Waals surface area contributed by atoms with Crippen LogP contribution in [0.4, 0.5) is 10.2 Å². The van der Waals surface area contributed by atoms with Crippen molar-refractivity contribution in [3.05, 3.63) is 94.0 Å². The highest BCUT2D eigenvalue weighted by Gasteiger charge is 2.20. The van der Waals surface area contributed by atoms with E-state index in [1.807, 2.05) is 20.8 Å². The van der Waals surface area contributed by atoms with Gasteiger partial charge >= 0.3 is 0 Å².